The van der Waals surface area contributed by atoms with Crippen molar-refractivity contribution < 1.29 is 13.2 Å². The molecule has 2 aliphatic heterocycles. The van der Waals surface area contributed by atoms with E-state index >= 15 is 0 Å². The third-order valence-corrected chi connectivity index (χ3v) is 6.02. The molecule has 0 amide bonds. The Morgan fingerprint density at radius 2 is 1.90 bits per heavy atom. The molecule has 2 rings (SSSR count). The summed E-state index contributed by atoms with van der Waals surface area (Å²) in [7, 11) is -1.66. The molecule has 1 atom stereocenters. The first-order chi connectivity index (χ1) is 9.55. The third-order valence-electron chi connectivity index (χ3n) is 4.34. The quantitative estimate of drug-likeness (QED) is 0.799. The SMILES string of the molecule is CCN1CCC[C@@H](NS(=O)(=O)N2CCC(OC)CC2)C1. The number of nitrogens with zero attached hydrogens (tertiary/aromatic N) is 2. The second kappa shape index (κ2) is 7.17. The highest BCUT2D eigenvalue weighted by Gasteiger charge is 2.31. The number of hydrogen-bond donors (Lipinski definition) is 1. The second-order valence-electron chi connectivity index (χ2n) is 5.69. The Kier molecular flexibility index (Phi) is 5.80. The van der Waals surface area contributed by atoms with E-state index in [0.717, 1.165) is 45.3 Å². The van der Waals surface area contributed by atoms with Gasteiger partial charge in [0.15, 0.2) is 0 Å². The zero-order valence-electron chi connectivity index (χ0n) is 12.5. The summed E-state index contributed by atoms with van der Waals surface area (Å²) in [6.45, 7) is 6.11. The molecule has 6 nitrogen and oxygen atoms in total. The number of nitrogens with one attached hydrogen (secondary N) is 1. The predicted octanol–water partition coefficient (Wildman–Crippen LogP) is 0.416. The average Bonchev–Trinajstić information content (AvgIpc) is 2.47. The molecule has 118 valence electrons. The van der Waals surface area contributed by atoms with Gasteiger partial charge in [-0.3, -0.25) is 0 Å². The number of rotatable bonds is 5. The molecule has 0 aromatic heterocycles. The first-order valence-electron chi connectivity index (χ1n) is 7.57. The van der Waals surface area contributed by atoms with Crippen LogP contribution in [0.25, 0.3) is 0 Å². The van der Waals surface area contributed by atoms with Crippen LogP contribution >= 0.6 is 0 Å². The van der Waals surface area contributed by atoms with Gasteiger partial charge in [0, 0.05) is 32.8 Å². The van der Waals surface area contributed by atoms with Gasteiger partial charge in [-0.1, -0.05) is 6.92 Å². The maximum atomic E-state index is 12.4. The summed E-state index contributed by atoms with van der Waals surface area (Å²) in [5.41, 5.74) is 0. The Bertz CT molecular complexity index is 394. The molecule has 0 radical (unpaired) electrons. The minimum Gasteiger partial charge on any atom is -0.381 e. The molecule has 0 aromatic carbocycles. The van der Waals surface area contributed by atoms with Crippen LogP contribution in [0.1, 0.15) is 32.6 Å². The molecule has 1 N–H and O–H groups in total. The van der Waals surface area contributed by atoms with Crippen LogP contribution in [0, 0.1) is 0 Å². The largest absolute Gasteiger partial charge is 0.381 e. The average molecular weight is 305 g/mol. The fraction of sp³-hybridized carbons (Fsp3) is 1.00. The van der Waals surface area contributed by atoms with E-state index < -0.39 is 10.2 Å². The first-order valence-corrected chi connectivity index (χ1v) is 9.01. The van der Waals surface area contributed by atoms with E-state index in [1.807, 2.05) is 0 Å². The van der Waals surface area contributed by atoms with Crippen LogP contribution in [0.4, 0.5) is 0 Å². The molecule has 2 heterocycles. The van der Waals surface area contributed by atoms with Crippen molar-refractivity contribution in [1.82, 2.24) is 13.9 Å². The summed E-state index contributed by atoms with van der Waals surface area (Å²) in [6.07, 6.45) is 3.76. The molecule has 7 heteroatoms. The van der Waals surface area contributed by atoms with E-state index in [1.54, 1.807) is 11.4 Å². The molecule has 0 aromatic rings. The van der Waals surface area contributed by atoms with Crippen LogP contribution in [-0.2, 0) is 14.9 Å². The normalized spacial score (nSPS) is 27.8. The predicted molar refractivity (Wildman–Crippen MR) is 78.8 cm³/mol. The molecule has 0 spiro atoms. The standard InChI is InChI=1S/C13H27N3O3S/c1-3-15-8-4-5-12(11-15)14-20(17,18)16-9-6-13(19-2)7-10-16/h12-14H,3-11H2,1-2H3/t12-/m1/s1. The van der Waals surface area contributed by atoms with Crippen LogP contribution in [0.3, 0.4) is 0 Å². The zero-order chi connectivity index (χ0) is 14.6. The van der Waals surface area contributed by atoms with Crippen molar-refractivity contribution in [2.75, 3.05) is 39.8 Å². The Morgan fingerprint density at radius 3 is 2.50 bits per heavy atom. The number of hydrogen-bond acceptors (Lipinski definition) is 4. The maximum Gasteiger partial charge on any atom is 0.279 e. The molecule has 2 saturated heterocycles. The fourth-order valence-corrected chi connectivity index (χ4v) is 4.49. The van der Waals surface area contributed by atoms with Crippen LogP contribution in [0.5, 0.6) is 0 Å². The van der Waals surface area contributed by atoms with Gasteiger partial charge in [0.25, 0.3) is 10.2 Å². The second-order valence-corrected chi connectivity index (χ2v) is 7.39. The van der Waals surface area contributed by atoms with Crippen LogP contribution in [-0.4, -0.2) is 69.6 Å². The number of piperidine rings is 2. The molecule has 0 unspecified atom stereocenters. The van der Waals surface area contributed by atoms with Gasteiger partial charge < -0.3 is 9.64 Å². The lowest BCUT2D eigenvalue weighted by molar-refractivity contribution is 0.0600. The van der Waals surface area contributed by atoms with E-state index in [1.165, 1.54) is 0 Å². The number of likely N-dealkylation sites (N-methyl/N-ethyl adjacent to an activating group) is 1. The van der Waals surface area contributed by atoms with Crippen molar-refractivity contribution in [3.8, 4) is 0 Å². The van der Waals surface area contributed by atoms with Crippen molar-refractivity contribution >= 4 is 10.2 Å². The molecule has 20 heavy (non-hydrogen) atoms. The summed E-state index contributed by atoms with van der Waals surface area (Å²) < 4.78 is 34.5. The van der Waals surface area contributed by atoms with Gasteiger partial charge in [-0.2, -0.15) is 17.4 Å². The van der Waals surface area contributed by atoms with Crippen molar-refractivity contribution in [2.45, 2.75) is 44.8 Å². The molecule has 0 saturated carbocycles. The van der Waals surface area contributed by atoms with Gasteiger partial charge in [0.2, 0.25) is 0 Å². The Hall–Kier alpha value is -0.210. The van der Waals surface area contributed by atoms with Gasteiger partial charge in [0.05, 0.1) is 6.10 Å². The van der Waals surface area contributed by atoms with Crippen LogP contribution in [0.2, 0.25) is 0 Å². The molecular formula is C13H27N3O3S. The van der Waals surface area contributed by atoms with Gasteiger partial charge in [-0.15, -0.1) is 0 Å². The summed E-state index contributed by atoms with van der Waals surface area (Å²) in [5.74, 6) is 0. The minimum absolute atomic E-state index is 0.0499. The van der Waals surface area contributed by atoms with E-state index in [9.17, 15) is 8.42 Å². The van der Waals surface area contributed by atoms with Crippen molar-refractivity contribution in [3.63, 3.8) is 0 Å². The number of likely N-dealkylation sites (tertiary alicyclic amines) is 1. The van der Waals surface area contributed by atoms with E-state index in [-0.39, 0.29) is 12.1 Å². The lowest BCUT2D eigenvalue weighted by Crippen LogP contribution is -2.53. The van der Waals surface area contributed by atoms with Gasteiger partial charge >= 0.3 is 0 Å². The molecule has 0 bridgehead atoms. The first kappa shape index (κ1) is 16.2. The summed E-state index contributed by atoms with van der Waals surface area (Å²) in [6, 6.07) is 0.0499. The fourth-order valence-electron chi connectivity index (χ4n) is 3.03. The molecule has 2 aliphatic rings. The molecular weight excluding hydrogens is 278 g/mol. The highest BCUT2D eigenvalue weighted by atomic mass is 32.2. The molecule has 2 fully saturated rings. The third kappa shape index (κ3) is 4.14. The topological polar surface area (TPSA) is 61.9 Å². The van der Waals surface area contributed by atoms with Gasteiger partial charge in [0.1, 0.15) is 0 Å². The molecule has 0 aliphatic carbocycles. The van der Waals surface area contributed by atoms with E-state index in [0.29, 0.717) is 13.1 Å². The maximum absolute atomic E-state index is 12.4. The van der Waals surface area contributed by atoms with Crippen LogP contribution < -0.4 is 4.72 Å². The Labute approximate surface area is 122 Å². The monoisotopic (exact) mass is 305 g/mol. The lowest BCUT2D eigenvalue weighted by atomic mass is 10.1. The number of methoxy groups -OCH3 is 1. The van der Waals surface area contributed by atoms with Crippen molar-refractivity contribution in [2.24, 2.45) is 0 Å². The highest BCUT2D eigenvalue weighted by molar-refractivity contribution is 7.87. The minimum atomic E-state index is -3.35. The van der Waals surface area contributed by atoms with E-state index in [2.05, 4.69) is 16.5 Å². The highest BCUT2D eigenvalue weighted by Crippen LogP contribution is 2.17. The van der Waals surface area contributed by atoms with Gasteiger partial charge in [-0.25, -0.2) is 0 Å². The van der Waals surface area contributed by atoms with Gasteiger partial charge in [-0.05, 0) is 38.8 Å². The summed E-state index contributed by atoms with van der Waals surface area (Å²) in [5, 5.41) is 0. The Morgan fingerprint density at radius 1 is 1.20 bits per heavy atom. The van der Waals surface area contributed by atoms with Crippen LogP contribution in [0.15, 0.2) is 0 Å². The zero-order valence-corrected chi connectivity index (χ0v) is 13.4. The van der Waals surface area contributed by atoms with E-state index in [4.69, 9.17) is 4.74 Å². The lowest BCUT2D eigenvalue weighted by Gasteiger charge is -2.35. The van der Waals surface area contributed by atoms with Crippen molar-refractivity contribution in [3.05, 3.63) is 0 Å². The number of ether oxygens (including phenoxy) is 1. The summed E-state index contributed by atoms with van der Waals surface area (Å²) in [4.78, 5) is 2.30. The summed E-state index contributed by atoms with van der Waals surface area (Å²) >= 11 is 0. The Balaban J connectivity index is 1.87. The smallest absolute Gasteiger partial charge is 0.279 e. The van der Waals surface area contributed by atoms with Crippen molar-refractivity contribution in [1.29, 1.82) is 0 Å².